The van der Waals surface area contributed by atoms with Crippen LogP contribution in [-0.4, -0.2) is 85.0 Å². The number of nitrogens with two attached hydrogens (primary N) is 2. The number of piperazine rings is 1. The number of aromatic nitrogens is 1. The van der Waals surface area contributed by atoms with Gasteiger partial charge >= 0.3 is 0 Å². The number of aryl methyl sites for hydroxylation is 2. The summed E-state index contributed by atoms with van der Waals surface area (Å²) < 4.78 is 27.0. The number of aliphatic hydroxyl groups excluding tert-OH is 2. The maximum absolute atomic E-state index is 14.9. The molecule has 4 bridgehead atoms. The molecule has 14 nitrogen and oxygen atoms in total. The number of H-pyrrole nitrogens is 1. The van der Waals surface area contributed by atoms with E-state index in [1.54, 1.807) is 30.3 Å². The average molecular weight is 1170 g/mol. The Morgan fingerprint density at radius 1 is 0.908 bits per heavy atom. The number of nitrogens with one attached hydrogen (secondary N) is 2. The number of benzene rings is 6. The van der Waals surface area contributed by atoms with Crippen LogP contribution in [-0.2, 0) is 30.1 Å². The van der Waals surface area contributed by atoms with Crippen LogP contribution in [0.5, 0.6) is 23.0 Å². The Morgan fingerprint density at radius 3 is 2.53 bits per heavy atom. The smallest absolute Gasteiger partial charge is 0.204 e. The summed E-state index contributed by atoms with van der Waals surface area (Å²) in [6, 6.07) is 44.5. The lowest BCUT2D eigenvalue weighted by Gasteiger charge is -2.49. The van der Waals surface area contributed by atoms with Crippen molar-refractivity contribution in [3.63, 3.8) is 0 Å². The molecule has 2 aromatic heterocycles. The molecular weight excluding hydrogens is 1090 g/mol. The van der Waals surface area contributed by atoms with Crippen molar-refractivity contribution in [1.29, 1.82) is 0 Å². The first-order chi connectivity index (χ1) is 42.4. The third-order valence-corrected chi connectivity index (χ3v) is 19.4. The minimum Gasteiger partial charge on any atom is -0.508 e. The van der Waals surface area contributed by atoms with E-state index in [1.165, 1.54) is 48.4 Å². The zero-order chi connectivity index (χ0) is 59.8. The summed E-state index contributed by atoms with van der Waals surface area (Å²) in [5.74, 6) is 2.10. The van der Waals surface area contributed by atoms with Crippen molar-refractivity contribution in [2.75, 3.05) is 51.5 Å². The van der Waals surface area contributed by atoms with Crippen molar-refractivity contribution in [2.45, 2.75) is 100 Å². The van der Waals surface area contributed by atoms with E-state index in [-0.39, 0.29) is 88.5 Å². The van der Waals surface area contributed by atoms with Crippen LogP contribution in [0.1, 0.15) is 102 Å². The second-order valence-corrected chi connectivity index (χ2v) is 25.0. The van der Waals surface area contributed by atoms with Gasteiger partial charge in [-0.1, -0.05) is 135 Å². The molecule has 9 N–H and O–H groups in total. The van der Waals surface area contributed by atoms with Gasteiger partial charge in [-0.05, 0) is 132 Å². The molecule has 2 saturated carbocycles. The Labute approximate surface area is 508 Å². The molecule has 3 fully saturated rings. The number of nitrogens with zero attached hydrogens (tertiary/aromatic N) is 2. The summed E-state index contributed by atoms with van der Waals surface area (Å²) in [4.78, 5) is 26.7. The summed E-state index contributed by atoms with van der Waals surface area (Å²) in [6.07, 6.45) is 15.3. The topological polar surface area (TPSA) is 214 Å². The van der Waals surface area contributed by atoms with Crippen molar-refractivity contribution in [2.24, 2.45) is 28.3 Å². The van der Waals surface area contributed by atoms with Crippen LogP contribution in [0.4, 0.5) is 11.5 Å². The molecule has 448 valence electrons. The largest absolute Gasteiger partial charge is 0.508 e. The number of aromatic hydroxyl groups is 1. The van der Waals surface area contributed by atoms with E-state index in [0.717, 1.165) is 79.0 Å². The molecule has 0 radical (unpaired) electrons. The molecule has 14 heteroatoms. The highest BCUT2D eigenvalue weighted by molar-refractivity contribution is 5.93. The van der Waals surface area contributed by atoms with Gasteiger partial charge in [-0.15, -0.1) is 0 Å². The molecule has 1 saturated heterocycles. The van der Waals surface area contributed by atoms with Gasteiger partial charge in [-0.3, -0.25) is 4.79 Å². The van der Waals surface area contributed by atoms with Gasteiger partial charge in [0.1, 0.15) is 28.3 Å². The Bertz CT molecular complexity index is 3970. The van der Waals surface area contributed by atoms with E-state index < -0.39 is 12.0 Å². The summed E-state index contributed by atoms with van der Waals surface area (Å²) in [5, 5.41) is 37.0. The van der Waals surface area contributed by atoms with Gasteiger partial charge in [-0.25, -0.2) is 4.99 Å². The number of anilines is 1. The highest BCUT2D eigenvalue weighted by Crippen LogP contribution is 2.59. The molecular formula is C73H78N6O8. The molecule has 0 amide bonds. The van der Waals surface area contributed by atoms with E-state index in [2.05, 4.69) is 107 Å². The highest BCUT2D eigenvalue weighted by Gasteiger charge is 2.54. The molecule has 6 atom stereocenters. The quantitative estimate of drug-likeness (QED) is 0.0476. The Morgan fingerprint density at radius 2 is 1.72 bits per heavy atom. The average Bonchev–Trinajstić information content (AvgIpc) is 2.07. The van der Waals surface area contributed by atoms with Crippen LogP contribution in [0.2, 0.25) is 0 Å². The normalized spacial score (nSPS) is 21.8. The summed E-state index contributed by atoms with van der Waals surface area (Å²) in [6.45, 7) is 4.55. The molecule has 3 aliphatic heterocycles. The van der Waals surface area contributed by atoms with Gasteiger partial charge in [0.2, 0.25) is 5.75 Å². The number of hydrogen-bond donors (Lipinski definition) is 7. The number of rotatable bonds is 11. The number of aromatic amines is 1. The number of aliphatic imine (C=N–C) groups is 1. The van der Waals surface area contributed by atoms with Gasteiger partial charge in [0.25, 0.3) is 0 Å². The predicted octanol–water partition coefficient (Wildman–Crippen LogP) is 12.0. The molecule has 14 rings (SSSR count). The van der Waals surface area contributed by atoms with Crippen LogP contribution in [0.15, 0.2) is 160 Å². The number of ether oxygens (including phenoxy) is 3. The molecule has 5 heterocycles. The van der Waals surface area contributed by atoms with Crippen LogP contribution in [0.3, 0.4) is 0 Å². The number of phenolic OH excluding ortho intramolecular Hbond substituents is 1. The minimum atomic E-state index is -0.872. The zero-order valence-corrected chi connectivity index (χ0v) is 49.6. The van der Waals surface area contributed by atoms with Gasteiger partial charge < -0.3 is 60.6 Å². The number of aliphatic hydroxyl groups is 2. The van der Waals surface area contributed by atoms with Gasteiger partial charge in [0.05, 0.1) is 38.2 Å². The molecule has 6 aromatic carbocycles. The fraction of sp³-hybridized carbons (Fsp3) is 0.342. The van der Waals surface area contributed by atoms with E-state index in [1.807, 2.05) is 36.4 Å². The second kappa shape index (κ2) is 24.3. The summed E-state index contributed by atoms with van der Waals surface area (Å²) in [7, 11) is 1.52. The molecule has 0 unspecified atom stereocenters. The first-order valence-corrected chi connectivity index (χ1v) is 31.0. The molecule has 3 aliphatic carbocycles. The molecule has 87 heavy (non-hydrogen) atoms. The molecule has 6 aliphatic rings. The lowest BCUT2D eigenvalue weighted by Crippen LogP contribution is -2.60. The molecule has 1 spiro atoms. The van der Waals surface area contributed by atoms with Gasteiger partial charge in [0, 0.05) is 77.9 Å². The molecule has 8 aromatic rings. The van der Waals surface area contributed by atoms with Crippen molar-refractivity contribution in [3.8, 4) is 45.4 Å². The van der Waals surface area contributed by atoms with E-state index >= 15 is 0 Å². The lowest BCUT2D eigenvalue weighted by atomic mass is 9.69. The minimum absolute atomic E-state index is 0.00258. The highest BCUT2D eigenvalue weighted by atomic mass is 16.5. The summed E-state index contributed by atoms with van der Waals surface area (Å²) >= 11 is 0. The Kier molecular flexibility index (Phi) is 16.1. The standard InChI is InChI=1S/C73H78N6O8/c1-72(30-8-9-31-72)63-38-58-50-15-10-13-46(35-50)18-28-57-66-65(61(83)39-62(87-66)49-22-26-54(81)27-23-49)68(85-34-29-55(82)25-17-45-11-4-3-5-12-45)69(84-2)67(57)86-44-47(43-80)36-51-21-24-53(37-60(51)77-71(74)75)73(64-42-76-32-33-79(64)70(58)78-63)40-52-20-19-48-14-6-7-16-56(48)59(52)41-73/h3-7,10-17,19-27,35,37-39,47,52,55,59,64,76,78,80-82H,8-9,18,28-34,36,40-44H2,1-2H3,(H4,74,75,77)/b25-17+/t47-,52+,55+,59-,64+,73-/m1/s1. The SMILES string of the molecule is COc1c2c(c3oc(-c4ccc(O)cc4)cc(=O)c3c1OCC[C@@H](O)/C=C/c1ccccc1)CCc1cccc(c1)-c1cc(C3(C)CCCC3)[nH]c1N1CCNC[C@H]1[C@@]1(C[C@@H]3C=Cc4ccccc4[C@@H]3C1)c1ccc(c(N=C(N)N)c1)C[C@H](CO)CO2. The van der Waals surface area contributed by atoms with E-state index in [4.69, 9.17) is 35.1 Å². The zero-order valence-electron chi connectivity index (χ0n) is 49.6. The third kappa shape index (κ3) is 11.3. The number of phenols is 1. The Hall–Kier alpha value is -8.56. The maximum Gasteiger partial charge on any atom is 0.204 e. The third-order valence-electron chi connectivity index (χ3n) is 19.4. The van der Waals surface area contributed by atoms with Crippen LogP contribution >= 0.6 is 0 Å². The second-order valence-electron chi connectivity index (χ2n) is 25.0. The number of fused-ring (bicyclic) bond motifs is 10. The van der Waals surface area contributed by atoms with Gasteiger partial charge in [-0.2, -0.15) is 0 Å². The Balaban J connectivity index is 0.987. The van der Waals surface area contributed by atoms with Gasteiger partial charge in [0.15, 0.2) is 22.9 Å². The summed E-state index contributed by atoms with van der Waals surface area (Å²) in [5.41, 5.74) is 24.2. The number of hydrogen-bond acceptors (Lipinski definition) is 11. The lowest BCUT2D eigenvalue weighted by molar-refractivity contribution is 0.157. The van der Waals surface area contributed by atoms with Crippen molar-refractivity contribution >= 4 is 40.6 Å². The van der Waals surface area contributed by atoms with Crippen LogP contribution in [0, 0.1) is 11.8 Å². The fourth-order valence-corrected chi connectivity index (χ4v) is 14.9. The van der Waals surface area contributed by atoms with Crippen molar-refractivity contribution in [3.05, 3.63) is 200 Å². The van der Waals surface area contributed by atoms with Crippen LogP contribution in [0.25, 0.3) is 45.6 Å². The van der Waals surface area contributed by atoms with Crippen molar-refractivity contribution < 1.29 is 33.9 Å². The van der Waals surface area contributed by atoms with E-state index in [0.29, 0.717) is 53.7 Å². The predicted molar refractivity (Wildman–Crippen MR) is 345 cm³/mol. The van der Waals surface area contributed by atoms with E-state index in [9.17, 15) is 20.1 Å². The first-order valence-electron chi connectivity index (χ1n) is 31.0. The number of allylic oxidation sites excluding steroid dienone is 1. The monoisotopic (exact) mass is 1170 g/mol. The van der Waals surface area contributed by atoms with Crippen LogP contribution < -0.4 is 41.3 Å². The fourth-order valence-electron chi connectivity index (χ4n) is 14.9. The number of guanidine groups is 1. The van der Waals surface area contributed by atoms with Crippen molar-refractivity contribution in [1.82, 2.24) is 10.3 Å². The first kappa shape index (κ1) is 57.5. The number of methoxy groups -OCH3 is 1. The maximum atomic E-state index is 14.9.